The van der Waals surface area contributed by atoms with Gasteiger partial charge in [-0.05, 0) is 44.7 Å². The number of nitrogens with zero attached hydrogens (tertiary/aromatic N) is 6. The highest BCUT2D eigenvalue weighted by Crippen LogP contribution is 2.50. The van der Waals surface area contributed by atoms with Gasteiger partial charge < -0.3 is 18.8 Å². The number of carbonyl (C=O) groups excluding carboxylic acids is 1. The summed E-state index contributed by atoms with van der Waals surface area (Å²) in [5.74, 6) is 2.30. The van der Waals surface area contributed by atoms with Gasteiger partial charge in [-0.25, -0.2) is 4.98 Å². The van der Waals surface area contributed by atoms with Gasteiger partial charge in [0.1, 0.15) is 5.69 Å². The van der Waals surface area contributed by atoms with Crippen LogP contribution in [-0.2, 0) is 7.05 Å². The molecule has 8 heteroatoms. The zero-order chi connectivity index (χ0) is 21.4. The lowest BCUT2D eigenvalue weighted by atomic mass is 9.70. The van der Waals surface area contributed by atoms with Crippen LogP contribution in [0.5, 0.6) is 0 Å². The third-order valence-corrected chi connectivity index (χ3v) is 7.90. The number of hydrogen-bond donors (Lipinski definition) is 0. The lowest BCUT2D eigenvalue weighted by Crippen LogP contribution is -2.45. The number of hydrogen-bond acceptors (Lipinski definition) is 6. The van der Waals surface area contributed by atoms with Crippen LogP contribution < -0.4 is 0 Å². The molecule has 4 heterocycles. The second-order valence-corrected chi connectivity index (χ2v) is 9.95. The highest BCUT2D eigenvalue weighted by Gasteiger charge is 2.52. The monoisotopic (exact) mass is 426 g/mol. The minimum Gasteiger partial charge on any atom is -0.425 e. The molecule has 5 rings (SSSR count). The summed E-state index contributed by atoms with van der Waals surface area (Å²) in [5.41, 5.74) is 0.642. The number of piperidine rings is 1. The minimum absolute atomic E-state index is 0.0102. The Morgan fingerprint density at radius 2 is 1.97 bits per heavy atom. The molecule has 2 aromatic heterocycles. The first-order valence-electron chi connectivity index (χ1n) is 11.8. The largest absolute Gasteiger partial charge is 0.425 e. The van der Waals surface area contributed by atoms with Crippen LogP contribution in [0.2, 0.25) is 0 Å². The molecule has 2 aliphatic heterocycles. The van der Waals surface area contributed by atoms with E-state index in [1.54, 1.807) is 17.1 Å². The van der Waals surface area contributed by atoms with E-state index in [0.29, 0.717) is 24.0 Å². The summed E-state index contributed by atoms with van der Waals surface area (Å²) in [4.78, 5) is 22.0. The predicted molar refractivity (Wildman–Crippen MR) is 116 cm³/mol. The molecule has 1 saturated carbocycles. The Morgan fingerprint density at radius 1 is 1.19 bits per heavy atom. The molecule has 2 saturated heterocycles. The van der Waals surface area contributed by atoms with E-state index in [4.69, 9.17) is 4.42 Å². The van der Waals surface area contributed by atoms with Crippen molar-refractivity contribution in [2.24, 2.45) is 18.4 Å². The van der Waals surface area contributed by atoms with Crippen LogP contribution >= 0.6 is 0 Å². The molecule has 1 unspecified atom stereocenters. The van der Waals surface area contributed by atoms with Crippen molar-refractivity contribution in [3.8, 4) is 0 Å². The Morgan fingerprint density at radius 3 is 2.61 bits per heavy atom. The predicted octanol–water partition coefficient (Wildman–Crippen LogP) is 3.01. The SMILES string of the molecule is Cc1nnc(C2CN(C(=O)c3cncn3C)CC23CCN(CC2CCCCC2)CC3)o1. The highest BCUT2D eigenvalue weighted by molar-refractivity contribution is 5.92. The van der Waals surface area contributed by atoms with Crippen LogP contribution in [0, 0.1) is 18.3 Å². The maximum atomic E-state index is 13.3. The van der Waals surface area contributed by atoms with Crippen LogP contribution in [0.1, 0.15) is 73.1 Å². The minimum atomic E-state index is 0.0102. The molecule has 0 N–H and O–H groups in total. The number of aryl methyl sites for hydroxylation is 2. The Labute approximate surface area is 184 Å². The summed E-state index contributed by atoms with van der Waals surface area (Å²) in [6.45, 7) is 6.64. The van der Waals surface area contributed by atoms with Crippen molar-refractivity contribution in [3.05, 3.63) is 30.0 Å². The fourth-order valence-corrected chi connectivity index (χ4v) is 6.06. The molecule has 0 bridgehead atoms. The number of rotatable bonds is 4. The van der Waals surface area contributed by atoms with Crippen molar-refractivity contribution in [2.45, 2.75) is 57.8 Å². The second kappa shape index (κ2) is 8.37. The molecular weight excluding hydrogens is 392 g/mol. The molecule has 3 aliphatic rings. The van der Waals surface area contributed by atoms with Crippen molar-refractivity contribution in [1.82, 2.24) is 29.5 Å². The average Bonchev–Trinajstić information content (AvgIpc) is 3.49. The van der Waals surface area contributed by atoms with E-state index in [1.165, 1.54) is 38.6 Å². The van der Waals surface area contributed by atoms with Crippen LogP contribution in [0.4, 0.5) is 0 Å². The van der Waals surface area contributed by atoms with Gasteiger partial charge in [-0.2, -0.15) is 0 Å². The van der Waals surface area contributed by atoms with Crippen LogP contribution in [0.15, 0.2) is 16.9 Å². The van der Waals surface area contributed by atoms with Gasteiger partial charge in [0.25, 0.3) is 5.91 Å². The normalized spacial score (nSPS) is 24.8. The first-order valence-corrected chi connectivity index (χ1v) is 11.8. The van der Waals surface area contributed by atoms with Gasteiger partial charge in [0, 0.05) is 39.0 Å². The van der Waals surface area contributed by atoms with Crippen molar-refractivity contribution in [3.63, 3.8) is 0 Å². The lowest BCUT2D eigenvalue weighted by Gasteiger charge is -2.42. The smallest absolute Gasteiger partial charge is 0.272 e. The topological polar surface area (TPSA) is 80.3 Å². The zero-order valence-corrected chi connectivity index (χ0v) is 18.8. The molecule has 1 aliphatic carbocycles. The maximum absolute atomic E-state index is 13.3. The van der Waals surface area contributed by atoms with Gasteiger partial charge in [0.05, 0.1) is 18.4 Å². The number of likely N-dealkylation sites (tertiary alicyclic amines) is 2. The lowest BCUT2D eigenvalue weighted by molar-refractivity contribution is 0.0645. The van der Waals surface area contributed by atoms with Gasteiger partial charge in [-0.15, -0.1) is 10.2 Å². The Balaban J connectivity index is 1.32. The molecule has 31 heavy (non-hydrogen) atoms. The van der Waals surface area contributed by atoms with Crippen LogP contribution in [0.3, 0.4) is 0 Å². The molecule has 0 radical (unpaired) electrons. The number of amides is 1. The molecule has 1 amide bonds. The van der Waals surface area contributed by atoms with E-state index in [0.717, 1.165) is 38.4 Å². The zero-order valence-electron chi connectivity index (χ0n) is 18.8. The summed E-state index contributed by atoms with van der Waals surface area (Å²) in [6.07, 6.45) is 12.5. The molecule has 3 fully saturated rings. The number of imidazole rings is 1. The van der Waals surface area contributed by atoms with Gasteiger partial charge in [-0.3, -0.25) is 4.79 Å². The van der Waals surface area contributed by atoms with E-state index in [2.05, 4.69) is 20.1 Å². The van der Waals surface area contributed by atoms with Gasteiger partial charge in [0.2, 0.25) is 11.8 Å². The Kier molecular flexibility index (Phi) is 5.58. The van der Waals surface area contributed by atoms with E-state index >= 15 is 0 Å². The fourth-order valence-electron chi connectivity index (χ4n) is 6.06. The first kappa shape index (κ1) is 20.7. The molecule has 1 spiro atoms. The Hall–Kier alpha value is -2.22. The maximum Gasteiger partial charge on any atom is 0.272 e. The van der Waals surface area contributed by atoms with Crippen molar-refractivity contribution < 1.29 is 9.21 Å². The van der Waals surface area contributed by atoms with Crippen molar-refractivity contribution in [2.75, 3.05) is 32.7 Å². The highest BCUT2D eigenvalue weighted by atomic mass is 16.4. The number of carbonyl (C=O) groups is 1. The summed E-state index contributed by atoms with van der Waals surface area (Å²) in [6, 6.07) is 0. The van der Waals surface area contributed by atoms with Crippen LogP contribution in [-0.4, -0.2) is 68.2 Å². The fraction of sp³-hybridized carbons (Fsp3) is 0.739. The third-order valence-electron chi connectivity index (χ3n) is 7.90. The summed E-state index contributed by atoms with van der Waals surface area (Å²) < 4.78 is 7.69. The summed E-state index contributed by atoms with van der Waals surface area (Å²) >= 11 is 0. The molecule has 0 aromatic carbocycles. The number of aromatic nitrogens is 4. The molecule has 1 atom stereocenters. The van der Waals surface area contributed by atoms with E-state index in [-0.39, 0.29) is 17.2 Å². The van der Waals surface area contributed by atoms with E-state index < -0.39 is 0 Å². The van der Waals surface area contributed by atoms with Crippen LogP contribution in [0.25, 0.3) is 0 Å². The average molecular weight is 427 g/mol. The van der Waals surface area contributed by atoms with E-state index in [1.807, 2.05) is 18.9 Å². The van der Waals surface area contributed by atoms with Gasteiger partial charge in [-0.1, -0.05) is 19.3 Å². The quantitative estimate of drug-likeness (QED) is 0.748. The van der Waals surface area contributed by atoms with Crippen molar-refractivity contribution in [1.29, 1.82) is 0 Å². The van der Waals surface area contributed by atoms with Gasteiger partial charge >= 0.3 is 0 Å². The van der Waals surface area contributed by atoms with Crippen molar-refractivity contribution >= 4 is 5.91 Å². The standard InChI is InChI=1S/C23H34N6O2/c1-17-25-26-21(31-17)19-14-29(22(30)20-12-24-16-27(20)2)15-23(19)8-10-28(11-9-23)13-18-6-4-3-5-7-18/h12,16,18-19H,3-11,13-15H2,1-2H3. The van der Waals surface area contributed by atoms with E-state index in [9.17, 15) is 4.79 Å². The summed E-state index contributed by atoms with van der Waals surface area (Å²) in [5, 5.41) is 8.47. The molecule has 8 nitrogen and oxygen atoms in total. The second-order valence-electron chi connectivity index (χ2n) is 9.95. The Bertz CT molecular complexity index is 907. The molecule has 2 aromatic rings. The summed E-state index contributed by atoms with van der Waals surface area (Å²) in [7, 11) is 1.87. The molecule has 168 valence electrons. The third kappa shape index (κ3) is 4.02. The molecular formula is C23H34N6O2. The van der Waals surface area contributed by atoms with Gasteiger partial charge in [0.15, 0.2) is 0 Å². The first-order chi connectivity index (χ1) is 15.0.